The van der Waals surface area contributed by atoms with Gasteiger partial charge in [-0.05, 0) is 12.5 Å². The molecule has 82 valence electrons. The Morgan fingerprint density at radius 2 is 1.87 bits per heavy atom. The van der Waals surface area contributed by atoms with Crippen molar-refractivity contribution in [3.8, 4) is 0 Å². The van der Waals surface area contributed by atoms with E-state index in [1.165, 1.54) is 6.07 Å². The highest BCUT2D eigenvalue weighted by atomic mass is 35.5. The molecule has 15 heavy (non-hydrogen) atoms. The molecule has 1 aliphatic rings. The number of ether oxygens (including phenoxy) is 2. The smallest absolute Gasteiger partial charge is 0.188 e. The SMILES string of the molecule is Clc1cc(Cl)c(C2OCCCO2)c(Cl)n1. The molecule has 1 fully saturated rings. The Morgan fingerprint density at radius 1 is 1.20 bits per heavy atom. The fourth-order valence-corrected chi connectivity index (χ4v) is 2.24. The van der Waals surface area contributed by atoms with Crippen LogP contribution >= 0.6 is 34.8 Å². The van der Waals surface area contributed by atoms with Gasteiger partial charge in [-0.1, -0.05) is 34.8 Å². The van der Waals surface area contributed by atoms with Gasteiger partial charge in [-0.25, -0.2) is 4.98 Å². The monoisotopic (exact) mass is 267 g/mol. The van der Waals surface area contributed by atoms with Crippen molar-refractivity contribution in [1.82, 2.24) is 4.98 Å². The molecule has 1 saturated heterocycles. The molecule has 0 atom stereocenters. The predicted octanol–water partition coefficient (Wildman–Crippen LogP) is 3.48. The summed E-state index contributed by atoms with van der Waals surface area (Å²) in [6, 6.07) is 1.52. The molecule has 3 nitrogen and oxygen atoms in total. The maximum atomic E-state index is 6.00. The van der Waals surface area contributed by atoms with Crippen molar-refractivity contribution < 1.29 is 9.47 Å². The molecule has 0 N–H and O–H groups in total. The van der Waals surface area contributed by atoms with E-state index in [4.69, 9.17) is 44.3 Å². The van der Waals surface area contributed by atoms with Crippen LogP contribution in [0.25, 0.3) is 0 Å². The van der Waals surface area contributed by atoms with E-state index >= 15 is 0 Å². The Hall–Kier alpha value is -0.0600. The Morgan fingerprint density at radius 3 is 2.47 bits per heavy atom. The van der Waals surface area contributed by atoms with Crippen LogP contribution in [-0.2, 0) is 9.47 Å². The highest BCUT2D eigenvalue weighted by molar-refractivity contribution is 6.37. The Bertz CT molecular complexity index is 343. The molecule has 0 amide bonds. The summed E-state index contributed by atoms with van der Waals surface area (Å²) < 4.78 is 10.8. The third-order valence-corrected chi connectivity index (χ3v) is 2.79. The van der Waals surface area contributed by atoms with Gasteiger partial charge in [0, 0.05) is 0 Å². The van der Waals surface area contributed by atoms with Gasteiger partial charge < -0.3 is 9.47 Å². The molecule has 0 aliphatic carbocycles. The molecule has 0 radical (unpaired) electrons. The summed E-state index contributed by atoms with van der Waals surface area (Å²) in [7, 11) is 0. The van der Waals surface area contributed by atoms with Gasteiger partial charge >= 0.3 is 0 Å². The second-order valence-corrected chi connectivity index (χ2v) is 4.21. The van der Waals surface area contributed by atoms with Gasteiger partial charge in [0.25, 0.3) is 0 Å². The first-order valence-electron chi connectivity index (χ1n) is 4.43. The second-order valence-electron chi connectivity index (χ2n) is 3.06. The Balaban J connectivity index is 2.33. The van der Waals surface area contributed by atoms with Crippen LogP contribution in [-0.4, -0.2) is 18.2 Å². The molecule has 2 heterocycles. The normalized spacial score (nSPS) is 18.1. The molecule has 0 saturated carbocycles. The van der Waals surface area contributed by atoms with Gasteiger partial charge in [-0.2, -0.15) is 0 Å². The third-order valence-electron chi connectivity index (χ3n) is 1.99. The summed E-state index contributed by atoms with van der Waals surface area (Å²) in [6.07, 6.45) is 0.329. The highest BCUT2D eigenvalue weighted by Gasteiger charge is 2.23. The third kappa shape index (κ3) is 2.55. The molecular formula is C9H8Cl3NO2. The highest BCUT2D eigenvalue weighted by Crippen LogP contribution is 2.34. The molecule has 6 heteroatoms. The molecule has 0 aromatic carbocycles. The summed E-state index contributed by atoms with van der Waals surface area (Å²) in [5.41, 5.74) is 0.544. The van der Waals surface area contributed by atoms with E-state index in [0.29, 0.717) is 23.8 Å². The zero-order valence-electron chi connectivity index (χ0n) is 7.67. The lowest BCUT2D eigenvalue weighted by Crippen LogP contribution is -2.18. The van der Waals surface area contributed by atoms with Crippen LogP contribution in [0.3, 0.4) is 0 Å². The number of hydrogen-bond donors (Lipinski definition) is 0. The van der Waals surface area contributed by atoms with Crippen LogP contribution in [0.4, 0.5) is 0 Å². The van der Waals surface area contributed by atoms with Gasteiger partial charge in [-0.3, -0.25) is 0 Å². The van der Waals surface area contributed by atoms with Crippen molar-refractivity contribution in [2.75, 3.05) is 13.2 Å². The summed E-state index contributed by atoms with van der Waals surface area (Å²) >= 11 is 17.6. The quantitative estimate of drug-likeness (QED) is 0.731. The van der Waals surface area contributed by atoms with Crippen LogP contribution in [0, 0.1) is 0 Å². The average Bonchev–Trinajstić information content (AvgIpc) is 2.17. The average molecular weight is 269 g/mol. The number of aromatic nitrogens is 1. The molecule has 0 unspecified atom stereocenters. The molecule has 1 aromatic heterocycles. The number of halogens is 3. The van der Waals surface area contributed by atoms with Crippen LogP contribution in [0.5, 0.6) is 0 Å². The molecule has 0 spiro atoms. The molecule has 1 aromatic rings. The minimum absolute atomic E-state index is 0.222. The second kappa shape index (κ2) is 4.85. The molecule has 1 aliphatic heterocycles. The zero-order chi connectivity index (χ0) is 10.8. The van der Waals surface area contributed by atoms with Crippen molar-refractivity contribution in [1.29, 1.82) is 0 Å². The number of hydrogen-bond acceptors (Lipinski definition) is 3. The minimum atomic E-state index is -0.538. The topological polar surface area (TPSA) is 31.4 Å². The van der Waals surface area contributed by atoms with Gasteiger partial charge in [0.05, 0.1) is 23.8 Å². The number of rotatable bonds is 1. The van der Waals surface area contributed by atoms with Gasteiger partial charge in [0.15, 0.2) is 6.29 Å². The van der Waals surface area contributed by atoms with Crippen LogP contribution in [0.2, 0.25) is 15.3 Å². The van der Waals surface area contributed by atoms with E-state index in [-0.39, 0.29) is 10.3 Å². The predicted molar refractivity (Wildman–Crippen MR) is 58.5 cm³/mol. The first-order valence-corrected chi connectivity index (χ1v) is 5.56. The van der Waals surface area contributed by atoms with Crippen molar-refractivity contribution in [2.24, 2.45) is 0 Å². The molecular weight excluding hydrogens is 260 g/mol. The van der Waals surface area contributed by atoms with Crippen LogP contribution < -0.4 is 0 Å². The fourth-order valence-electron chi connectivity index (χ4n) is 1.33. The van der Waals surface area contributed by atoms with Gasteiger partial charge in [0.1, 0.15) is 10.3 Å². The van der Waals surface area contributed by atoms with Crippen molar-refractivity contribution in [2.45, 2.75) is 12.7 Å². The first-order chi connectivity index (χ1) is 7.18. The maximum Gasteiger partial charge on any atom is 0.188 e. The van der Waals surface area contributed by atoms with Gasteiger partial charge in [0.2, 0.25) is 0 Å². The van der Waals surface area contributed by atoms with Crippen LogP contribution in [0.15, 0.2) is 6.07 Å². The first kappa shape index (κ1) is 11.4. The number of nitrogens with zero attached hydrogens (tertiary/aromatic N) is 1. The summed E-state index contributed by atoms with van der Waals surface area (Å²) in [5.74, 6) is 0. The van der Waals surface area contributed by atoms with E-state index in [0.717, 1.165) is 6.42 Å². The van der Waals surface area contributed by atoms with E-state index in [2.05, 4.69) is 4.98 Å². The lowest BCUT2D eigenvalue weighted by atomic mass is 10.2. The molecule has 2 rings (SSSR count). The Kier molecular flexibility index (Phi) is 3.69. The molecule has 0 bridgehead atoms. The van der Waals surface area contributed by atoms with Crippen molar-refractivity contribution in [3.05, 3.63) is 27.0 Å². The largest absolute Gasteiger partial charge is 0.348 e. The van der Waals surface area contributed by atoms with Crippen molar-refractivity contribution in [3.63, 3.8) is 0 Å². The zero-order valence-corrected chi connectivity index (χ0v) is 9.94. The summed E-state index contributed by atoms with van der Waals surface area (Å²) in [4.78, 5) is 3.90. The van der Waals surface area contributed by atoms with Crippen LogP contribution in [0.1, 0.15) is 18.3 Å². The van der Waals surface area contributed by atoms with E-state index in [9.17, 15) is 0 Å². The number of pyridine rings is 1. The fraction of sp³-hybridized carbons (Fsp3) is 0.444. The Labute approximate surface area is 102 Å². The van der Waals surface area contributed by atoms with E-state index < -0.39 is 6.29 Å². The lowest BCUT2D eigenvalue weighted by molar-refractivity contribution is -0.183. The van der Waals surface area contributed by atoms with Crippen molar-refractivity contribution >= 4 is 34.8 Å². The van der Waals surface area contributed by atoms with E-state index in [1.807, 2.05) is 0 Å². The van der Waals surface area contributed by atoms with E-state index in [1.54, 1.807) is 0 Å². The lowest BCUT2D eigenvalue weighted by Gasteiger charge is -2.24. The minimum Gasteiger partial charge on any atom is -0.348 e. The summed E-state index contributed by atoms with van der Waals surface area (Å²) in [6.45, 7) is 1.25. The van der Waals surface area contributed by atoms with Gasteiger partial charge in [-0.15, -0.1) is 0 Å². The standard InChI is InChI=1S/C9H8Cl3NO2/c10-5-4-6(11)13-8(12)7(5)9-14-2-1-3-15-9/h4,9H,1-3H2. The maximum absolute atomic E-state index is 6.00. The summed E-state index contributed by atoms with van der Waals surface area (Å²) in [5, 5.41) is 0.885.